The average Bonchev–Trinajstić information content (AvgIpc) is 2.40. The van der Waals surface area contributed by atoms with Crippen molar-refractivity contribution in [3.63, 3.8) is 0 Å². The molecule has 0 bridgehead atoms. The van der Waals surface area contributed by atoms with Crippen LogP contribution in [0.4, 0.5) is 0 Å². The Morgan fingerprint density at radius 1 is 0.778 bits per heavy atom. The fourth-order valence-electron chi connectivity index (χ4n) is 4.11. The minimum absolute atomic E-state index is 0.423. The maximum atomic E-state index is 6.63. The second-order valence-corrected chi connectivity index (χ2v) is 10.6. The maximum Gasteiger partial charge on any atom is 0.149 e. The first-order chi connectivity index (χ1) is 8.63. The van der Waals surface area contributed by atoms with Gasteiger partial charge in [-0.15, -0.1) is 0 Å². The Kier molecular flexibility index (Phi) is 5.51. The highest BCUT2D eigenvalue weighted by atomic mass is 31.2. The van der Waals surface area contributed by atoms with Crippen molar-refractivity contribution < 1.29 is 4.52 Å². The molecule has 1 nitrogen and oxygen atoms in total. The lowest BCUT2D eigenvalue weighted by Gasteiger charge is -2.40. The highest BCUT2D eigenvalue weighted by molar-refractivity contribution is 7.72. The summed E-state index contributed by atoms with van der Waals surface area (Å²) in [5.74, 6) is 0. The van der Waals surface area contributed by atoms with Crippen LogP contribution in [0.15, 0.2) is 0 Å². The van der Waals surface area contributed by atoms with Crippen LogP contribution in [0.5, 0.6) is 0 Å². The van der Waals surface area contributed by atoms with Crippen LogP contribution < -0.4 is 0 Å². The third-order valence-corrected chi connectivity index (χ3v) is 9.85. The summed E-state index contributed by atoms with van der Waals surface area (Å²) in [6.07, 6.45) is 15.0. The lowest BCUT2D eigenvalue weighted by molar-refractivity contribution is 0.244. The zero-order valence-corrected chi connectivity index (χ0v) is 13.6. The Balaban J connectivity index is 2.09. The van der Waals surface area contributed by atoms with Gasteiger partial charge in [0.1, 0.15) is 7.49 Å². The molecule has 106 valence electrons. The third-order valence-electron chi connectivity index (χ3n) is 5.04. The molecule has 0 radical (unpaired) electrons. The number of rotatable bonds is 4. The van der Waals surface area contributed by atoms with E-state index in [1.807, 2.05) is 0 Å². The maximum absolute atomic E-state index is 6.63. The van der Waals surface area contributed by atoms with Crippen LogP contribution in [0.3, 0.4) is 0 Å². The molecule has 0 heterocycles. The molecule has 2 aliphatic carbocycles. The summed E-state index contributed by atoms with van der Waals surface area (Å²) in [6.45, 7) is 7.03. The summed E-state index contributed by atoms with van der Waals surface area (Å²) in [7, 11) is -1.18. The van der Waals surface area contributed by atoms with Crippen molar-refractivity contribution in [2.24, 2.45) is 0 Å². The van der Waals surface area contributed by atoms with Crippen LogP contribution in [-0.2, 0) is 4.52 Å². The van der Waals surface area contributed by atoms with Crippen LogP contribution in [0.1, 0.15) is 78.1 Å². The summed E-state index contributed by atoms with van der Waals surface area (Å²) in [4.78, 5) is 0. The van der Waals surface area contributed by atoms with E-state index >= 15 is 0 Å². The van der Waals surface area contributed by atoms with Crippen molar-refractivity contribution in [1.82, 2.24) is 0 Å². The first kappa shape index (κ1) is 14.8. The molecule has 2 aliphatic rings. The molecule has 2 rings (SSSR count). The van der Waals surface area contributed by atoms with Gasteiger partial charge in [-0.3, -0.25) is 0 Å². The van der Waals surface area contributed by atoms with Crippen molar-refractivity contribution in [3.8, 4) is 0 Å². The van der Waals surface area contributed by atoms with E-state index in [0.29, 0.717) is 6.10 Å². The summed E-state index contributed by atoms with van der Waals surface area (Å²) in [6, 6.07) is 0. The fraction of sp³-hybridized carbons (Fsp3) is 1.00. The van der Waals surface area contributed by atoms with E-state index in [1.54, 1.807) is 0 Å². The predicted octanol–water partition coefficient (Wildman–Crippen LogP) is 5.64. The van der Waals surface area contributed by atoms with Gasteiger partial charge < -0.3 is 0 Å². The van der Waals surface area contributed by atoms with Gasteiger partial charge in [-0.1, -0.05) is 12.8 Å². The third kappa shape index (κ3) is 3.48. The zero-order chi connectivity index (χ0) is 13.0. The molecule has 0 amide bonds. The Morgan fingerprint density at radius 2 is 1.17 bits per heavy atom. The summed E-state index contributed by atoms with van der Waals surface area (Å²) in [5, 5.41) is 0. The van der Waals surface area contributed by atoms with Crippen LogP contribution in [0.2, 0.25) is 0 Å². The van der Waals surface area contributed by atoms with Crippen molar-refractivity contribution >= 4 is 7.49 Å². The highest BCUT2D eigenvalue weighted by Crippen LogP contribution is 2.70. The van der Waals surface area contributed by atoms with Crippen molar-refractivity contribution in [2.75, 3.05) is 6.66 Å². The predicted molar refractivity (Wildman–Crippen MR) is 82.8 cm³/mol. The Labute approximate surface area is 114 Å². The van der Waals surface area contributed by atoms with Crippen molar-refractivity contribution in [2.45, 2.75) is 95.5 Å². The molecule has 0 aliphatic heterocycles. The molecule has 0 N–H and O–H groups in total. The SMILES string of the molecule is CC(C)O[P+](C)(C1CCCCC1)C1CCCCC1. The van der Waals surface area contributed by atoms with Gasteiger partial charge in [0, 0.05) is 0 Å². The number of hydrogen-bond acceptors (Lipinski definition) is 1. The van der Waals surface area contributed by atoms with E-state index in [4.69, 9.17) is 4.52 Å². The van der Waals surface area contributed by atoms with Gasteiger partial charge in [-0.2, -0.15) is 0 Å². The van der Waals surface area contributed by atoms with Gasteiger partial charge in [-0.05, 0) is 65.2 Å². The average molecular weight is 271 g/mol. The van der Waals surface area contributed by atoms with Crippen LogP contribution >= 0.6 is 7.49 Å². The molecule has 2 saturated carbocycles. The van der Waals surface area contributed by atoms with Gasteiger partial charge in [-0.25, -0.2) is 4.52 Å². The van der Waals surface area contributed by atoms with E-state index in [0.717, 1.165) is 11.3 Å². The highest BCUT2D eigenvalue weighted by Gasteiger charge is 2.51. The molecular weight excluding hydrogens is 239 g/mol. The van der Waals surface area contributed by atoms with E-state index in [1.165, 1.54) is 64.2 Å². The summed E-state index contributed by atoms with van der Waals surface area (Å²) >= 11 is 0. The second-order valence-electron chi connectivity index (χ2n) is 6.80. The molecular formula is C16H32OP+. The van der Waals surface area contributed by atoms with E-state index in [9.17, 15) is 0 Å². The summed E-state index contributed by atoms with van der Waals surface area (Å²) in [5.41, 5.74) is 1.86. The first-order valence-electron chi connectivity index (χ1n) is 8.17. The van der Waals surface area contributed by atoms with E-state index in [-0.39, 0.29) is 0 Å². The molecule has 0 atom stereocenters. The minimum atomic E-state index is -1.18. The molecule has 0 spiro atoms. The lowest BCUT2D eigenvalue weighted by Crippen LogP contribution is -2.30. The van der Waals surface area contributed by atoms with Crippen LogP contribution in [0, 0.1) is 0 Å². The molecule has 18 heavy (non-hydrogen) atoms. The smallest absolute Gasteiger partial charge is 0.149 e. The molecule has 0 aromatic rings. The van der Waals surface area contributed by atoms with E-state index in [2.05, 4.69) is 20.5 Å². The second kappa shape index (κ2) is 6.71. The van der Waals surface area contributed by atoms with Crippen molar-refractivity contribution in [3.05, 3.63) is 0 Å². The minimum Gasteiger partial charge on any atom is -0.235 e. The monoisotopic (exact) mass is 271 g/mol. The molecule has 2 fully saturated rings. The summed E-state index contributed by atoms with van der Waals surface area (Å²) < 4.78 is 6.63. The van der Waals surface area contributed by atoms with Crippen LogP contribution in [-0.4, -0.2) is 24.1 Å². The van der Waals surface area contributed by atoms with Gasteiger partial charge in [0.2, 0.25) is 0 Å². The molecule has 0 aromatic heterocycles. The zero-order valence-electron chi connectivity index (χ0n) is 12.7. The molecule has 0 saturated heterocycles. The number of hydrogen-bond donors (Lipinski definition) is 0. The molecule has 0 unspecified atom stereocenters. The van der Waals surface area contributed by atoms with Gasteiger partial charge in [0.05, 0.1) is 24.1 Å². The standard InChI is InChI=1S/C16H32OP/c1-14(2)17-18(3,15-10-6-4-7-11-15)16-12-8-5-9-13-16/h14-16H,4-13H2,1-3H3/q+1. The Morgan fingerprint density at radius 3 is 1.50 bits per heavy atom. The largest absolute Gasteiger partial charge is 0.235 e. The lowest BCUT2D eigenvalue weighted by atomic mass is 9.99. The van der Waals surface area contributed by atoms with Gasteiger partial charge in [0.15, 0.2) is 0 Å². The normalized spacial score (nSPS) is 24.7. The van der Waals surface area contributed by atoms with Crippen LogP contribution in [0.25, 0.3) is 0 Å². The Hall–Kier alpha value is 0.390. The van der Waals surface area contributed by atoms with E-state index < -0.39 is 7.49 Å². The molecule has 0 aromatic carbocycles. The Bertz CT molecular complexity index is 221. The first-order valence-corrected chi connectivity index (χ1v) is 10.5. The van der Waals surface area contributed by atoms with Gasteiger partial charge >= 0.3 is 0 Å². The fourth-order valence-corrected chi connectivity index (χ4v) is 8.74. The van der Waals surface area contributed by atoms with Gasteiger partial charge in [0.25, 0.3) is 0 Å². The topological polar surface area (TPSA) is 9.23 Å². The quantitative estimate of drug-likeness (QED) is 0.601. The van der Waals surface area contributed by atoms with Crippen molar-refractivity contribution in [1.29, 1.82) is 0 Å². The molecule has 2 heteroatoms.